The lowest BCUT2D eigenvalue weighted by Crippen LogP contribution is -2.53. The van der Waals surface area contributed by atoms with Crippen LogP contribution in [0, 0.1) is 0 Å². The molecule has 6 heteroatoms. The van der Waals surface area contributed by atoms with E-state index in [4.69, 9.17) is 0 Å². The Hall–Kier alpha value is 0.220. The average molecular weight is 224 g/mol. The minimum absolute atomic E-state index is 0.111. The third kappa shape index (κ3) is 4.30. The fraction of sp³-hybridized carbons (Fsp3) is 1.00. The molecule has 0 heterocycles. The first-order valence-corrected chi connectivity index (χ1v) is 6.69. The zero-order valence-electron chi connectivity index (χ0n) is 7.82. The van der Waals surface area contributed by atoms with Gasteiger partial charge in [-0.05, 0) is 19.8 Å². The predicted octanol–water partition coefficient (Wildman–Crippen LogP) is -0.0680. The molecule has 0 amide bonds. The van der Waals surface area contributed by atoms with Gasteiger partial charge < -0.3 is 5.32 Å². The number of nitrogens with one attached hydrogen (secondary N) is 2. The maximum atomic E-state index is 10.8. The standard InChI is InChI=1S/C7H16N2O2S2/c1-5(12)8-6-3-7(4-6)9-13(2,10)11/h5-9,12H,3-4H2,1-2H3. The summed E-state index contributed by atoms with van der Waals surface area (Å²) in [5.41, 5.74) is 0. The summed E-state index contributed by atoms with van der Waals surface area (Å²) < 4.78 is 24.2. The van der Waals surface area contributed by atoms with Crippen LogP contribution in [0.3, 0.4) is 0 Å². The molecule has 0 aromatic rings. The third-order valence-electron chi connectivity index (χ3n) is 2.00. The predicted molar refractivity (Wildman–Crippen MR) is 56.4 cm³/mol. The second-order valence-electron chi connectivity index (χ2n) is 3.60. The maximum Gasteiger partial charge on any atom is 0.208 e. The van der Waals surface area contributed by atoms with Crippen LogP contribution in [0.15, 0.2) is 0 Å². The molecule has 1 unspecified atom stereocenters. The Kier molecular flexibility index (Phi) is 3.62. The number of thiol groups is 1. The highest BCUT2D eigenvalue weighted by Gasteiger charge is 2.30. The van der Waals surface area contributed by atoms with Crippen molar-refractivity contribution in [3.05, 3.63) is 0 Å². The molecular weight excluding hydrogens is 208 g/mol. The molecule has 78 valence electrons. The summed E-state index contributed by atoms with van der Waals surface area (Å²) in [6.45, 7) is 1.96. The topological polar surface area (TPSA) is 58.2 Å². The van der Waals surface area contributed by atoms with Gasteiger partial charge in [-0.1, -0.05) is 0 Å². The molecule has 0 bridgehead atoms. The summed E-state index contributed by atoms with van der Waals surface area (Å²) in [7, 11) is -3.03. The number of hydrogen-bond donors (Lipinski definition) is 3. The number of rotatable bonds is 4. The highest BCUT2D eigenvalue weighted by molar-refractivity contribution is 7.88. The minimum Gasteiger partial charge on any atom is -0.303 e. The molecule has 1 atom stereocenters. The van der Waals surface area contributed by atoms with Crippen LogP contribution in [0.1, 0.15) is 19.8 Å². The normalized spacial score (nSPS) is 31.0. The van der Waals surface area contributed by atoms with Crippen LogP contribution < -0.4 is 10.0 Å². The first-order chi connectivity index (χ1) is 5.87. The smallest absolute Gasteiger partial charge is 0.208 e. The van der Waals surface area contributed by atoms with Crippen LogP contribution in [0.2, 0.25) is 0 Å². The van der Waals surface area contributed by atoms with Crippen molar-refractivity contribution in [1.29, 1.82) is 0 Å². The first kappa shape index (κ1) is 11.3. The van der Waals surface area contributed by atoms with Gasteiger partial charge in [0.05, 0.1) is 6.26 Å². The molecule has 0 aliphatic heterocycles. The van der Waals surface area contributed by atoms with E-state index in [2.05, 4.69) is 22.7 Å². The van der Waals surface area contributed by atoms with Crippen molar-refractivity contribution >= 4 is 22.7 Å². The Balaban J connectivity index is 2.19. The Morgan fingerprint density at radius 2 is 1.92 bits per heavy atom. The molecule has 4 nitrogen and oxygen atoms in total. The van der Waals surface area contributed by atoms with Gasteiger partial charge in [0.1, 0.15) is 0 Å². The lowest BCUT2D eigenvalue weighted by molar-refractivity contribution is 0.274. The van der Waals surface area contributed by atoms with Gasteiger partial charge in [-0.25, -0.2) is 13.1 Å². The molecule has 1 aliphatic rings. The number of sulfonamides is 1. The van der Waals surface area contributed by atoms with Crippen LogP contribution in [0.5, 0.6) is 0 Å². The summed E-state index contributed by atoms with van der Waals surface area (Å²) in [5, 5.41) is 3.39. The summed E-state index contributed by atoms with van der Waals surface area (Å²) in [5.74, 6) is 0. The molecule has 0 radical (unpaired) electrons. The molecule has 0 spiro atoms. The van der Waals surface area contributed by atoms with E-state index in [-0.39, 0.29) is 11.4 Å². The van der Waals surface area contributed by atoms with E-state index in [1.165, 1.54) is 6.26 Å². The van der Waals surface area contributed by atoms with Crippen LogP contribution in [0.4, 0.5) is 0 Å². The first-order valence-electron chi connectivity index (χ1n) is 4.28. The summed E-state index contributed by atoms with van der Waals surface area (Å²) >= 11 is 4.19. The maximum absolute atomic E-state index is 10.8. The number of hydrogen-bond acceptors (Lipinski definition) is 4. The fourth-order valence-electron chi connectivity index (χ4n) is 1.49. The Bertz CT molecular complexity index is 258. The van der Waals surface area contributed by atoms with E-state index in [0.29, 0.717) is 6.04 Å². The van der Waals surface area contributed by atoms with Crippen LogP contribution in [-0.4, -0.2) is 32.1 Å². The van der Waals surface area contributed by atoms with Crippen molar-refractivity contribution in [3.8, 4) is 0 Å². The SMILES string of the molecule is CC(S)NC1CC(NS(C)(=O)=O)C1. The summed E-state index contributed by atoms with van der Waals surface area (Å²) in [4.78, 5) is 0. The lowest BCUT2D eigenvalue weighted by Gasteiger charge is -2.36. The Morgan fingerprint density at radius 3 is 2.31 bits per heavy atom. The molecule has 1 fully saturated rings. The zero-order valence-corrected chi connectivity index (χ0v) is 9.53. The summed E-state index contributed by atoms with van der Waals surface area (Å²) in [6, 6.07) is 0.520. The average Bonchev–Trinajstić information content (AvgIpc) is 1.78. The van der Waals surface area contributed by atoms with Gasteiger partial charge in [0.25, 0.3) is 0 Å². The lowest BCUT2D eigenvalue weighted by atomic mass is 9.88. The molecular formula is C7H16N2O2S2. The molecule has 1 rings (SSSR count). The van der Waals surface area contributed by atoms with Crippen LogP contribution >= 0.6 is 12.6 Å². The van der Waals surface area contributed by atoms with E-state index >= 15 is 0 Å². The van der Waals surface area contributed by atoms with Gasteiger partial charge in [-0.3, -0.25) is 0 Å². The van der Waals surface area contributed by atoms with Crippen molar-refractivity contribution in [2.45, 2.75) is 37.2 Å². The van der Waals surface area contributed by atoms with Gasteiger partial charge in [0, 0.05) is 17.5 Å². The van der Waals surface area contributed by atoms with Crippen LogP contribution in [0.25, 0.3) is 0 Å². The highest BCUT2D eigenvalue weighted by atomic mass is 32.2. The van der Waals surface area contributed by atoms with Crippen LogP contribution in [-0.2, 0) is 10.0 Å². The largest absolute Gasteiger partial charge is 0.303 e. The second-order valence-corrected chi connectivity index (χ2v) is 6.15. The van der Waals surface area contributed by atoms with E-state index in [1.54, 1.807) is 0 Å². The van der Waals surface area contributed by atoms with Gasteiger partial charge >= 0.3 is 0 Å². The second kappa shape index (κ2) is 4.16. The molecule has 0 aromatic carbocycles. The van der Waals surface area contributed by atoms with Crippen molar-refractivity contribution in [2.75, 3.05) is 6.26 Å². The van der Waals surface area contributed by atoms with Gasteiger partial charge in [0.15, 0.2) is 0 Å². The quantitative estimate of drug-likeness (QED) is 0.463. The molecule has 2 N–H and O–H groups in total. The molecule has 0 saturated heterocycles. The monoisotopic (exact) mass is 224 g/mol. The van der Waals surface area contributed by atoms with Gasteiger partial charge in [-0.2, -0.15) is 12.6 Å². The molecule has 1 aliphatic carbocycles. The van der Waals surface area contributed by atoms with Crippen molar-refractivity contribution in [1.82, 2.24) is 10.0 Å². The molecule has 1 saturated carbocycles. The summed E-state index contributed by atoms with van der Waals surface area (Å²) in [6.07, 6.45) is 2.91. The minimum atomic E-state index is -3.03. The van der Waals surface area contributed by atoms with Crippen molar-refractivity contribution in [3.63, 3.8) is 0 Å². The van der Waals surface area contributed by atoms with E-state index in [0.717, 1.165) is 12.8 Å². The van der Waals surface area contributed by atoms with Gasteiger partial charge in [-0.15, -0.1) is 0 Å². The fourth-order valence-corrected chi connectivity index (χ4v) is 2.50. The van der Waals surface area contributed by atoms with E-state index in [1.807, 2.05) is 6.92 Å². The molecule has 13 heavy (non-hydrogen) atoms. The van der Waals surface area contributed by atoms with E-state index in [9.17, 15) is 8.42 Å². The van der Waals surface area contributed by atoms with Crippen molar-refractivity contribution in [2.24, 2.45) is 0 Å². The Morgan fingerprint density at radius 1 is 1.38 bits per heavy atom. The van der Waals surface area contributed by atoms with Gasteiger partial charge in [0.2, 0.25) is 10.0 Å². The Labute approximate surface area is 84.9 Å². The molecule has 0 aromatic heterocycles. The van der Waals surface area contributed by atoms with Crippen molar-refractivity contribution < 1.29 is 8.42 Å². The zero-order chi connectivity index (χ0) is 10.1. The highest BCUT2D eigenvalue weighted by Crippen LogP contribution is 2.21. The van der Waals surface area contributed by atoms with E-state index < -0.39 is 10.0 Å². The third-order valence-corrected chi connectivity index (χ3v) is 2.91.